The van der Waals surface area contributed by atoms with Gasteiger partial charge in [-0.2, -0.15) is 0 Å². The summed E-state index contributed by atoms with van der Waals surface area (Å²) in [6.45, 7) is 20.9. The summed E-state index contributed by atoms with van der Waals surface area (Å²) in [5.41, 5.74) is 20.9. The SMILES string of the molecule is CC1=C(CCC2=C(C(C)C)Cc3c2cccc3-c2ccc(C(C)(C)C)cc2)c2cccc(-c3ccc(C(C)(C)C)cc3)c2C1. The standard InChI is InChI=1S/C44H50/c1-28(2)40-27-42-36(31-18-22-33(23-19-31)44(7,8)9)13-11-15-38(42)39(40)25-24-34-29(3)26-41-35(12-10-14-37(34)41)30-16-20-32(21-17-30)43(4,5)6/h10-23,28H,24-27H2,1-9H3. The third kappa shape index (κ3) is 5.65. The molecule has 0 radical (unpaired) electrons. The topological polar surface area (TPSA) is 0 Å². The summed E-state index contributed by atoms with van der Waals surface area (Å²) >= 11 is 0. The molecule has 0 heterocycles. The van der Waals surface area contributed by atoms with Crippen LogP contribution >= 0.6 is 0 Å². The Kier molecular flexibility index (Phi) is 7.86. The summed E-state index contributed by atoms with van der Waals surface area (Å²) < 4.78 is 0. The van der Waals surface area contributed by atoms with E-state index in [2.05, 4.69) is 147 Å². The largest absolute Gasteiger partial charge is 0.0651 e. The van der Waals surface area contributed by atoms with Gasteiger partial charge in [0.2, 0.25) is 0 Å². The van der Waals surface area contributed by atoms with Gasteiger partial charge in [0.05, 0.1) is 0 Å². The van der Waals surface area contributed by atoms with E-state index in [0.29, 0.717) is 5.92 Å². The molecule has 4 aromatic carbocycles. The second-order valence-corrected chi connectivity index (χ2v) is 15.6. The molecule has 6 rings (SSSR count). The average molecular weight is 579 g/mol. The second kappa shape index (κ2) is 11.4. The lowest BCUT2D eigenvalue weighted by Crippen LogP contribution is -2.10. The summed E-state index contributed by atoms with van der Waals surface area (Å²) in [5.74, 6) is 0.544. The molecule has 0 atom stereocenters. The number of rotatable bonds is 6. The molecule has 0 heteroatoms. The first-order valence-corrected chi connectivity index (χ1v) is 16.7. The minimum absolute atomic E-state index is 0.167. The molecule has 0 nitrogen and oxygen atoms in total. The van der Waals surface area contributed by atoms with E-state index < -0.39 is 0 Å². The van der Waals surface area contributed by atoms with Gasteiger partial charge < -0.3 is 0 Å². The number of benzene rings is 4. The Balaban J connectivity index is 1.29. The highest BCUT2D eigenvalue weighted by Gasteiger charge is 2.28. The van der Waals surface area contributed by atoms with E-state index in [9.17, 15) is 0 Å². The van der Waals surface area contributed by atoms with Crippen LogP contribution in [0.4, 0.5) is 0 Å². The van der Waals surface area contributed by atoms with E-state index in [1.54, 1.807) is 16.7 Å². The smallest absolute Gasteiger partial charge is 0.00463 e. The van der Waals surface area contributed by atoms with Crippen molar-refractivity contribution in [2.45, 2.75) is 98.8 Å². The van der Waals surface area contributed by atoms with Crippen molar-refractivity contribution in [3.05, 3.63) is 129 Å². The van der Waals surface area contributed by atoms with Gasteiger partial charge in [0.25, 0.3) is 0 Å². The maximum Gasteiger partial charge on any atom is -0.00463 e. The molecule has 0 amide bonds. The minimum Gasteiger partial charge on any atom is -0.0651 e. The fourth-order valence-corrected chi connectivity index (χ4v) is 7.48. The monoisotopic (exact) mass is 578 g/mol. The van der Waals surface area contributed by atoms with E-state index in [1.807, 2.05) is 0 Å². The summed E-state index contributed by atoms with van der Waals surface area (Å²) in [5, 5.41) is 0. The number of hydrogen-bond acceptors (Lipinski definition) is 0. The van der Waals surface area contributed by atoms with E-state index in [0.717, 1.165) is 25.7 Å². The molecule has 0 bridgehead atoms. The zero-order valence-electron chi connectivity index (χ0n) is 28.5. The Morgan fingerprint density at radius 3 is 1.39 bits per heavy atom. The molecule has 0 spiro atoms. The van der Waals surface area contributed by atoms with Crippen LogP contribution in [0, 0.1) is 5.92 Å². The highest BCUT2D eigenvalue weighted by Crippen LogP contribution is 2.46. The van der Waals surface area contributed by atoms with Crippen molar-refractivity contribution in [1.29, 1.82) is 0 Å². The Hall–Kier alpha value is -3.64. The predicted molar refractivity (Wildman–Crippen MR) is 192 cm³/mol. The van der Waals surface area contributed by atoms with Crippen molar-refractivity contribution in [3.8, 4) is 22.3 Å². The number of hydrogen-bond donors (Lipinski definition) is 0. The van der Waals surface area contributed by atoms with Gasteiger partial charge in [-0.15, -0.1) is 0 Å². The molecule has 0 fully saturated rings. The van der Waals surface area contributed by atoms with Crippen LogP contribution in [0.5, 0.6) is 0 Å². The van der Waals surface area contributed by atoms with Crippen molar-refractivity contribution in [2.24, 2.45) is 5.92 Å². The third-order valence-electron chi connectivity index (χ3n) is 10.2. The van der Waals surface area contributed by atoms with E-state index in [4.69, 9.17) is 0 Å². The zero-order valence-corrected chi connectivity index (χ0v) is 28.5. The summed E-state index contributed by atoms with van der Waals surface area (Å²) in [6.07, 6.45) is 4.33. The number of fused-ring (bicyclic) bond motifs is 2. The first-order valence-electron chi connectivity index (χ1n) is 16.7. The van der Waals surface area contributed by atoms with Crippen LogP contribution in [-0.4, -0.2) is 0 Å². The van der Waals surface area contributed by atoms with Crippen LogP contribution in [0.1, 0.15) is 109 Å². The normalized spacial score (nSPS) is 15.0. The lowest BCUT2D eigenvalue weighted by atomic mass is 9.85. The molecule has 0 aromatic heterocycles. The second-order valence-electron chi connectivity index (χ2n) is 15.6. The van der Waals surface area contributed by atoms with Gasteiger partial charge in [-0.1, -0.05) is 151 Å². The molecule has 0 saturated heterocycles. The molecule has 4 aromatic rings. The molecule has 0 unspecified atom stereocenters. The van der Waals surface area contributed by atoms with Crippen LogP contribution in [-0.2, 0) is 23.7 Å². The maximum atomic E-state index is 2.39. The van der Waals surface area contributed by atoms with Crippen molar-refractivity contribution < 1.29 is 0 Å². The van der Waals surface area contributed by atoms with Crippen molar-refractivity contribution >= 4 is 11.1 Å². The lowest BCUT2D eigenvalue weighted by Gasteiger charge is -2.19. The first-order chi connectivity index (χ1) is 20.8. The lowest BCUT2D eigenvalue weighted by molar-refractivity contribution is 0.590. The van der Waals surface area contributed by atoms with Gasteiger partial charge in [0.1, 0.15) is 0 Å². The molecular weight excluding hydrogens is 528 g/mol. The van der Waals surface area contributed by atoms with Crippen LogP contribution in [0.15, 0.2) is 96.1 Å². The molecule has 0 saturated carbocycles. The quantitative estimate of drug-likeness (QED) is 0.213. The van der Waals surface area contributed by atoms with Crippen molar-refractivity contribution in [2.75, 3.05) is 0 Å². The van der Waals surface area contributed by atoms with Gasteiger partial charge in [-0.05, 0) is 116 Å². The van der Waals surface area contributed by atoms with Crippen LogP contribution < -0.4 is 0 Å². The van der Waals surface area contributed by atoms with Crippen LogP contribution in [0.3, 0.4) is 0 Å². The Bertz CT molecular complexity index is 1750. The Morgan fingerprint density at radius 2 is 0.932 bits per heavy atom. The van der Waals surface area contributed by atoms with E-state index in [-0.39, 0.29) is 10.8 Å². The highest BCUT2D eigenvalue weighted by molar-refractivity contribution is 5.87. The molecule has 44 heavy (non-hydrogen) atoms. The highest BCUT2D eigenvalue weighted by atomic mass is 14.3. The molecule has 0 N–H and O–H groups in total. The van der Waals surface area contributed by atoms with Gasteiger partial charge in [0.15, 0.2) is 0 Å². The van der Waals surface area contributed by atoms with Gasteiger partial charge in [0, 0.05) is 0 Å². The third-order valence-corrected chi connectivity index (χ3v) is 10.2. The summed E-state index contributed by atoms with van der Waals surface area (Å²) in [6, 6.07) is 32.6. The van der Waals surface area contributed by atoms with E-state index in [1.165, 1.54) is 61.2 Å². The molecule has 226 valence electrons. The fourth-order valence-electron chi connectivity index (χ4n) is 7.48. The van der Waals surface area contributed by atoms with Crippen molar-refractivity contribution in [1.82, 2.24) is 0 Å². The number of allylic oxidation sites excluding steroid dienone is 4. The fraction of sp³-hybridized carbons (Fsp3) is 0.364. The Labute approximate surface area is 267 Å². The predicted octanol–water partition coefficient (Wildman–Crippen LogP) is 12.4. The average Bonchev–Trinajstić information content (AvgIpc) is 3.52. The molecular formula is C44H50. The van der Waals surface area contributed by atoms with Crippen molar-refractivity contribution in [3.63, 3.8) is 0 Å². The van der Waals surface area contributed by atoms with Gasteiger partial charge >= 0.3 is 0 Å². The molecule has 0 aliphatic heterocycles. The van der Waals surface area contributed by atoms with E-state index >= 15 is 0 Å². The molecule has 2 aliphatic carbocycles. The van der Waals surface area contributed by atoms with Gasteiger partial charge in [-0.3, -0.25) is 0 Å². The first kappa shape index (κ1) is 30.4. The molecule has 2 aliphatic rings. The minimum atomic E-state index is 0.167. The summed E-state index contributed by atoms with van der Waals surface area (Å²) in [4.78, 5) is 0. The maximum absolute atomic E-state index is 2.39. The summed E-state index contributed by atoms with van der Waals surface area (Å²) in [7, 11) is 0. The zero-order chi connectivity index (χ0) is 31.4. The van der Waals surface area contributed by atoms with Gasteiger partial charge in [-0.25, -0.2) is 0 Å². The van der Waals surface area contributed by atoms with Crippen LogP contribution in [0.2, 0.25) is 0 Å². The Morgan fingerprint density at radius 1 is 0.523 bits per heavy atom. The van der Waals surface area contributed by atoms with Crippen LogP contribution in [0.25, 0.3) is 33.4 Å².